The van der Waals surface area contributed by atoms with Gasteiger partial charge in [-0.15, -0.1) is 218 Å². The SMILES string of the molecule is CC.CC.CC.CC.CC.CC.[Y].[Y].[Y].[Y].[Y].[Y].[c-]1c(-c2[c-]c3ccccc3cc2)ccc2ccccc12.[c-]1cc2ccccc2cc1-c1[c-]c2ccccc2cc1.[c-]1cc2ccccc2cc1-c1[c-]cc2ccccc2c1.[c-]1cc2ccccc2cc1-c1[c-]ccc2ccccc12.[c-]1ccc2ccccc2c1-c1[c-]c2ccccc2cc1.[c-]1ccccc1-c1[c-]c2ccccc2c2c1C=CCC2. The van der Waals surface area contributed by atoms with Crippen LogP contribution in [0, 0.1) is 72.8 Å². The Morgan fingerprint density at radius 2 is 0.464 bits per heavy atom. The van der Waals surface area contributed by atoms with Crippen LogP contribution in [0.1, 0.15) is 101 Å². The van der Waals surface area contributed by atoms with Crippen molar-refractivity contribution in [1.82, 2.24) is 0 Å². The van der Waals surface area contributed by atoms with E-state index in [0.29, 0.717) is 0 Å². The summed E-state index contributed by atoms with van der Waals surface area (Å²) in [5.74, 6) is 0. The average molecular weight is 2230 g/mol. The largest absolute Gasteiger partial charge is 0.226 e. The average Bonchev–Trinajstić information content (AvgIpc) is 0.758. The molecule has 0 bridgehead atoms. The summed E-state index contributed by atoms with van der Waals surface area (Å²) in [5, 5.41) is 26.8. The van der Waals surface area contributed by atoms with Gasteiger partial charge in [0, 0.05) is 196 Å². The van der Waals surface area contributed by atoms with E-state index in [1.807, 2.05) is 144 Å². The Morgan fingerprint density at radius 1 is 0.181 bits per heavy atom. The molecule has 0 N–H and O–H groups in total. The zero-order chi connectivity index (χ0) is 92.2. The first-order valence-electron chi connectivity index (χ1n) is 46.6. The maximum Gasteiger partial charge on any atom is 0 e. The molecule has 0 aromatic heterocycles. The van der Waals surface area contributed by atoms with E-state index in [0.717, 1.165) is 95.6 Å². The molecule has 1 aliphatic carbocycles. The normalized spacial score (nSPS) is 10.2. The number of aryl methyl sites for hydroxylation is 1. The van der Waals surface area contributed by atoms with Gasteiger partial charge in [0.15, 0.2) is 0 Å². The summed E-state index contributed by atoms with van der Waals surface area (Å²) >= 11 is 0. The molecule has 0 atom stereocenters. The van der Waals surface area contributed by atoms with Crippen molar-refractivity contribution < 1.29 is 196 Å². The fourth-order valence-electron chi connectivity index (χ4n) is 16.0. The van der Waals surface area contributed by atoms with E-state index >= 15 is 0 Å². The Morgan fingerprint density at radius 3 is 0.841 bits per heavy atom. The Bertz CT molecular complexity index is 6920. The molecule has 0 spiro atoms. The molecule has 0 aliphatic heterocycles. The van der Waals surface area contributed by atoms with Crippen molar-refractivity contribution in [2.45, 2.75) is 95.9 Å². The van der Waals surface area contributed by atoms with Crippen LogP contribution in [0.2, 0.25) is 0 Å². The summed E-state index contributed by atoms with van der Waals surface area (Å²) in [5.41, 5.74) is 16.1. The van der Waals surface area contributed by atoms with Crippen molar-refractivity contribution in [2.75, 3.05) is 0 Å². The Labute approximate surface area is 972 Å². The van der Waals surface area contributed by atoms with Crippen molar-refractivity contribution in [3.63, 3.8) is 0 Å². The molecule has 23 aromatic rings. The quantitative estimate of drug-likeness (QED) is 0.146. The fourth-order valence-corrected chi connectivity index (χ4v) is 16.0. The number of hydrogen-bond acceptors (Lipinski definition) is 0. The van der Waals surface area contributed by atoms with E-state index < -0.39 is 0 Å². The van der Waals surface area contributed by atoms with Crippen LogP contribution in [0.25, 0.3) is 191 Å². The molecule has 0 heterocycles. The molecule has 6 heteroatoms. The number of rotatable bonds is 6. The molecule has 668 valence electrons. The Balaban J connectivity index is 0.000000218. The topological polar surface area (TPSA) is 0 Å². The molecule has 0 amide bonds. The van der Waals surface area contributed by atoms with Crippen molar-refractivity contribution in [3.05, 3.63) is 503 Å². The van der Waals surface area contributed by atoms with Crippen LogP contribution in [0.3, 0.4) is 0 Å². The van der Waals surface area contributed by atoms with E-state index in [2.05, 4.69) is 437 Å². The summed E-state index contributed by atoms with van der Waals surface area (Å²) in [6.07, 6.45) is 6.75. The first kappa shape index (κ1) is 116. The second-order valence-electron chi connectivity index (χ2n) is 29.8. The van der Waals surface area contributed by atoms with Gasteiger partial charge >= 0.3 is 0 Å². The Hall–Kier alpha value is -8.72. The van der Waals surface area contributed by atoms with Crippen LogP contribution in [-0.4, -0.2) is 0 Å². The van der Waals surface area contributed by atoms with Crippen molar-refractivity contribution in [1.29, 1.82) is 0 Å². The van der Waals surface area contributed by atoms with E-state index in [4.69, 9.17) is 0 Å². The molecule has 0 nitrogen and oxygen atoms in total. The molecule has 0 unspecified atom stereocenters. The van der Waals surface area contributed by atoms with Gasteiger partial charge in [0.05, 0.1) is 0 Å². The first-order chi connectivity index (χ1) is 65.5. The van der Waals surface area contributed by atoms with Crippen LogP contribution in [-0.2, 0) is 203 Å². The van der Waals surface area contributed by atoms with Crippen LogP contribution in [0.15, 0.2) is 419 Å². The summed E-state index contributed by atoms with van der Waals surface area (Å²) in [7, 11) is 0. The third-order valence-corrected chi connectivity index (χ3v) is 22.1. The van der Waals surface area contributed by atoms with Gasteiger partial charge in [0.2, 0.25) is 0 Å². The minimum absolute atomic E-state index is 0. The summed E-state index contributed by atoms with van der Waals surface area (Å²) in [4.78, 5) is 0. The minimum Gasteiger partial charge on any atom is -0.226 e. The zero-order valence-electron chi connectivity index (χ0n) is 81.3. The van der Waals surface area contributed by atoms with Gasteiger partial charge in [-0.25, -0.2) is 38.9 Å². The predicted octanol–water partition coefficient (Wildman–Crippen LogP) is 37.5. The second kappa shape index (κ2) is 61.9. The molecule has 6 radical (unpaired) electrons. The van der Waals surface area contributed by atoms with E-state index in [1.54, 1.807) is 0 Å². The van der Waals surface area contributed by atoms with Crippen molar-refractivity contribution in [2.24, 2.45) is 0 Å². The van der Waals surface area contributed by atoms with Crippen LogP contribution >= 0.6 is 0 Å². The number of hydrogen-bond donors (Lipinski definition) is 0. The number of fused-ring (bicyclic) bond motifs is 13. The van der Waals surface area contributed by atoms with Crippen LogP contribution in [0.5, 0.6) is 0 Å². The molecule has 23 aromatic carbocycles. The molecule has 0 fully saturated rings. The number of allylic oxidation sites excluding steroid dienone is 1. The molecular formula is C132H110Y6-12. The van der Waals surface area contributed by atoms with Gasteiger partial charge in [-0.1, -0.05) is 341 Å². The zero-order valence-corrected chi connectivity index (χ0v) is 98.3. The summed E-state index contributed by atoms with van der Waals surface area (Å²) < 4.78 is 0. The summed E-state index contributed by atoms with van der Waals surface area (Å²) in [6, 6.07) is 183. The van der Waals surface area contributed by atoms with Gasteiger partial charge in [0.25, 0.3) is 0 Å². The van der Waals surface area contributed by atoms with Gasteiger partial charge in [-0.3, -0.25) is 0 Å². The molecule has 0 saturated heterocycles. The van der Waals surface area contributed by atoms with E-state index in [9.17, 15) is 0 Å². The predicted molar refractivity (Wildman–Crippen MR) is 575 cm³/mol. The molecule has 1 aliphatic rings. The number of benzene rings is 23. The van der Waals surface area contributed by atoms with Crippen molar-refractivity contribution in [3.8, 4) is 66.8 Å². The fraction of sp³-hybridized carbons (Fsp3) is 0.106. The van der Waals surface area contributed by atoms with Gasteiger partial charge in [-0.05, 0) is 12.8 Å². The molecule has 0 saturated carbocycles. The van der Waals surface area contributed by atoms with Gasteiger partial charge < -0.3 is 0 Å². The smallest absolute Gasteiger partial charge is 0 e. The van der Waals surface area contributed by atoms with Crippen LogP contribution < -0.4 is 0 Å². The maximum absolute atomic E-state index is 3.59. The van der Waals surface area contributed by atoms with Crippen LogP contribution in [0.4, 0.5) is 0 Å². The van der Waals surface area contributed by atoms with Gasteiger partial charge in [-0.2, -0.15) is 179 Å². The Kier molecular flexibility index (Phi) is 52.1. The molecule has 138 heavy (non-hydrogen) atoms. The standard InChI is InChI=1S/5C20H12.C20H14.6C2H6.6Y/c3*1-3-7-17-13-19(11-9-15(17)5-1)20-12-10-16-6-2-4-8-18(16)14-20;2*1-2-8-17-14-18(13-12-15(17)6-1)20-11-5-9-16-7-3-4-10-19(16)20;1-2-8-15(9-3-1)20-14-16-10-4-5-11-17(16)18-12-6-7-13-19(18)20;6*1-2;;;;;;/h1-10,13-14H;1-11,14H;1-12H;1-10,12,14H;1-10,12-13H;1-5,7-8,10-11,13H,6,12H2;6*1-2H3;;;;;;/q6*-2;;;;;;;;;;;;. The third kappa shape index (κ3) is 30.2. The molecule has 24 rings (SSSR count). The summed E-state index contributed by atoms with van der Waals surface area (Å²) in [6.45, 7) is 24.0. The first-order valence-corrected chi connectivity index (χ1v) is 46.6. The monoisotopic (exact) mass is 2230 g/mol. The molecular weight excluding hydrogens is 2120 g/mol. The maximum atomic E-state index is 3.59. The van der Waals surface area contributed by atoms with E-state index in [1.165, 1.54) is 114 Å². The second-order valence-corrected chi connectivity index (χ2v) is 29.8. The van der Waals surface area contributed by atoms with Gasteiger partial charge in [0.1, 0.15) is 0 Å². The third-order valence-electron chi connectivity index (χ3n) is 22.1. The minimum atomic E-state index is 0. The van der Waals surface area contributed by atoms with E-state index in [-0.39, 0.29) is 196 Å². The van der Waals surface area contributed by atoms with Crippen molar-refractivity contribution >= 4 is 125 Å².